The van der Waals surface area contributed by atoms with Crippen LogP contribution in [0.4, 0.5) is 0 Å². The average molecular weight is 454 g/mol. The molecule has 1 saturated carbocycles. The number of nitrogens with zero attached hydrogens (tertiary/aromatic N) is 1. The van der Waals surface area contributed by atoms with Crippen LogP contribution in [0.15, 0.2) is 48.5 Å². The molecule has 0 spiro atoms. The van der Waals surface area contributed by atoms with Gasteiger partial charge in [0.1, 0.15) is 11.9 Å². The molecule has 4 nitrogen and oxygen atoms in total. The summed E-state index contributed by atoms with van der Waals surface area (Å²) in [4.78, 5) is 27.6. The molecule has 0 aromatic heterocycles. The van der Waals surface area contributed by atoms with Gasteiger partial charge in [0.05, 0.1) is 0 Å². The quantitative estimate of drug-likeness (QED) is 0.574. The van der Waals surface area contributed by atoms with E-state index < -0.39 is 6.04 Å². The van der Waals surface area contributed by atoms with E-state index in [1.54, 1.807) is 30.3 Å². The van der Waals surface area contributed by atoms with Crippen molar-refractivity contribution in [3.05, 3.63) is 69.7 Å². The van der Waals surface area contributed by atoms with Crippen molar-refractivity contribution in [2.45, 2.75) is 44.3 Å². The Morgan fingerprint density at radius 2 is 1.69 bits per heavy atom. The van der Waals surface area contributed by atoms with Crippen LogP contribution in [0, 0.1) is 0 Å². The molecule has 1 unspecified atom stereocenters. The monoisotopic (exact) mass is 452 g/mol. The molecule has 2 aromatic rings. The minimum absolute atomic E-state index is 0.130. The van der Waals surface area contributed by atoms with Crippen molar-refractivity contribution >= 4 is 46.6 Å². The van der Waals surface area contributed by atoms with Gasteiger partial charge in [-0.05, 0) is 42.2 Å². The zero-order valence-electron chi connectivity index (χ0n) is 15.9. The summed E-state index contributed by atoms with van der Waals surface area (Å²) in [6.07, 6.45) is 4.10. The largest absolute Gasteiger partial charge is 0.351 e. The highest BCUT2D eigenvalue weighted by molar-refractivity contribution is 6.31. The van der Waals surface area contributed by atoms with Gasteiger partial charge in [-0.3, -0.25) is 9.59 Å². The van der Waals surface area contributed by atoms with Crippen molar-refractivity contribution < 1.29 is 9.59 Å². The smallest absolute Gasteiger partial charge is 0.247 e. The van der Waals surface area contributed by atoms with Crippen LogP contribution in [-0.4, -0.2) is 28.6 Å². The Bertz CT molecular complexity index is 851. The van der Waals surface area contributed by atoms with E-state index in [9.17, 15) is 9.59 Å². The molecule has 154 valence electrons. The van der Waals surface area contributed by atoms with Gasteiger partial charge in [-0.25, -0.2) is 0 Å². The summed E-state index contributed by atoms with van der Waals surface area (Å²) in [5, 5.41) is 4.20. The highest BCUT2D eigenvalue weighted by Crippen LogP contribution is 2.28. The fourth-order valence-electron chi connectivity index (χ4n) is 3.68. The fraction of sp³-hybridized carbons (Fsp3) is 0.364. The Morgan fingerprint density at radius 3 is 2.31 bits per heavy atom. The van der Waals surface area contributed by atoms with Gasteiger partial charge in [-0.1, -0.05) is 66.4 Å². The maximum Gasteiger partial charge on any atom is 0.247 e. The fourth-order valence-corrected chi connectivity index (χ4v) is 4.15. The van der Waals surface area contributed by atoms with Crippen LogP contribution in [0.25, 0.3) is 0 Å². The Balaban J connectivity index is 1.96. The number of carbonyl (C=O) groups is 2. The first-order valence-electron chi connectivity index (χ1n) is 9.64. The number of rotatable bonds is 7. The molecule has 0 saturated heterocycles. The van der Waals surface area contributed by atoms with E-state index in [-0.39, 0.29) is 30.3 Å². The Kier molecular flexibility index (Phi) is 7.82. The number of nitrogens with one attached hydrogen (secondary N) is 1. The molecule has 1 fully saturated rings. The van der Waals surface area contributed by atoms with Crippen molar-refractivity contribution in [2.75, 3.05) is 5.88 Å². The molecule has 1 atom stereocenters. The van der Waals surface area contributed by atoms with Gasteiger partial charge < -0.3 is 10.2 Å². The summed E-state index contributed by atoms with van der Waals surface area (Å²) in [5.74, 6) is -0.788. The topological polar surface area (TPSA) is 49.4 Å². The number of hydrogen-bond acceptors (Lipinski definition) is 2. The lowest BCUT2D eigenvalue weighted by atomic mass is 10.0. The Morgan fingerprint density at radius 1 is 1.03 bits per heavy atom. The molecule has 1 aliphatic carbocycles. The summed E-state index contributed by atoms with van der Waals surface area (Å²) < 4.78 is 0. The van der Waals surface area contributed by atoms with E-state index in [1.807, 2.05) is 18.2 Å². The van der Waals surface area contributed by atoms with E-state index in [4.69, 9.17) is 34.8 Å². The van der Waals surface area contributed by atoms with Gasteiger partial charge in [0, 0.05) is 22.6 Å². The second kappa shape index (κ2) is 10.3. The van der Waals surface area contributed by atoms with Crippen LogP contribution in [0.1, 0.15) is 42.9 Å². The minimum Gasteiger partial charge on any atom is -0.351 e. The molecule has 29 heavy (non-hydrogen) atoms. The molecule has 0 heterocycles. The number of benzene rings is 2. The SMILES string of the molecule is O=C(NC1CCCC1)C(c1ccc(Cl)cc1)N(Cc1ccccc1Cl)C(=O)CCl. The molecule has 0 aliphatic heterocycles. The van der Waals surface area contributed by atoms with Crippen molar-refractivity contribution in [3.8, 4) is 0 Å². The highest BCUT2D eigenvalue weighted by Gasteiger charge is 2.33. The molecule has 0 bridgehead atoms. The molecule has 1 aliphatic rings. The molecule has 7 heteroatoms. The summed E-state index contributed by atoms with van der Waals surface area (Å²) >= 11 is 18.3. The maximum absolute atomic E-state index is 13.3. The molecular weight excluding hydrogens is 431 g/mol. The van der Waals surface area contributed by atoms with Gasteiger partial charge >= 0.3 is 0 Å². The van der Waals surface area contributed by atoms with Gasteiger partial charge in [0.15, 0.2) is 0 Å². The number of hydrogen-bond donors (Lipinski definition) is 1. The average Bonchev–Trinajstić information content (AvgIpc) is 3.22. The summed E-state index contributed by atoms with van der Waals surface area (Å²) in [6, 6.07) is 13.5. The van der Waals surface area contributed by atoms with Crippen LogP contribution >= 0.6 is 34.8 Å². The van der Waals surface area contributed by atoms with Crippen LogP contribution in [0.5, 0.6) is 0 Å². The third-order valence-corrected chi connectivity index (χ3v) is 6.03. The molecule has 0 radical (unpaired) electrons. The second-order valence-electron chi connectivity index (χ2n) is 7.19. The standard InChI is InChI=1S/C22H23Cl3N2O2/c23-13-20(28)27(14-16-5-1-4-8-19(16)25)21(15-9-11-17(24)12-10-15)22(29)26-18-6-2-3-7-18/h1,4-5,8-12,18,21H,2-3,6-7,13-14H2,(H,26,29). The van der Waals surface area contributed by atoms with Crippen LogP contribution in [-0.2, 0) is 16.1 Å². The minimum atomic E-state index is -0.824. The lowest BCUT2D eigenvalue weighted by molar-refractivity contribution is -0.140. The van der Waals surface area contributed by atoms with Crippen molar-refractivity contribution in [1.82, 2.24) is 10.2 Å². The van der Waals surface area contributed by atoms with E-state index >= 15 is 0 Å². The summed E-state index contributed by atoms with van der Waals surface area (Å²) in [7, 11) is 0. The van der Waals surface area contributed by atoms with Gasteiger partial charge in [-0.15, -0.1) is 11.6 Å². The summed E-state index contributed by atoms with van der Waals surface area (Å²) in [6.45, 7) is 0.177. The van der Waals surface area contributed by atoms with Crippen molar-refractivity contribution in [1.29, 1.82) is 0 Å². The first-order chi connectivity index (χ1) is 14.0. The van der Waals surface area contributed by atoms with E-state index in [2.05, 4.69) is 5.32 Å². The number of amides is 2. The van der Waals surface area contributed by atoms with Gasteiger partial charge in [0.2, 0.25) is 11.8 Å². The van der Waals surface area contributed by atoms with E-state index in [1.165, 1.54) is 4.90 Å². The molecule has 1 N–H and O–H groups in total. The lowest BCUT2D eigenvalue weighted by Crippen LogP contribution is -2.46. The first-order valence-corrected chi connectivity index (χ1v) is 10.9. The Hall–Kier alpha value is -1.75. The number of carbonyl (C=O) groups excluding carboxylic acids is 2. The van der Waals surface area contributed by atoms with Crippen LogP contribution < -0.4 is 5.32 Å². The van der Waals surface area contributed by atoms with E-state index in [0.29, 0.717) is 15.6 Å². The van der Waals surface area contributed by atoms with Crippen LogP contribution in [0.3, 0.4) is 0 Å². The predicted molar refractivity (Wildman–Crippen MR) is 117 cm³/mol. The third-order valence-electron chi connectivity index (χ3n) is 5.18. The highest BCUT2D eigenvalue weighted by atomic mass is 35.5. The number of halogens is 3. The van der Waals surface area contributed by atoms with E-state index in [0.717, 1.165) is 31.2 Å². The van der Waals surface area contributed by atoms with Crippen LogP contribution in [0.2, 0.25) is 10.0 Å². The van der Waals surface area contributed by atoms with Gasteiger partial charge in [0.25, 0.3) is 0 Å². The maximum atomic E-state index is 13.3. The summed E-state index contributed by atoms with van der Waals surface area (Å²) in [5.41, 5.74) is 1.43. The molecule has 3 rings (SSSR count). The molecule has 2 amide bonds. The first kappa shape index (κ1) is 21.9. The molecular formula is C22H23Cl3N2O2. The zero-order chi connectivity index (χ0) is 20.8. The third kappa shape index (κ3) is 5.65. The molecule has 2 aromatic carbocycles. The zero-order valence-corrected chi connectivity index (χ0v) is 18.2. The number of alkyl halides is 1. The van der Waals surface area contributed by atoms with Gasteiger partial charge in [-0.2, -0.15) is 0 Å². The van der Waals surface area contributed by atoms with Crippen molar-refractivity contribution in [2.24, 2.45) is 0 Å². The normalized spacial score (nSPS) is 15.1. The lowest BCUT2D eigenvalue weighted by Gasteiger charge is -2.32. The predicted octanol–water partition coefficient (Wildman–Crippen LogP) is 5.36. The van der Waals surface area contributed by atoms with Crippen molar-refractivity contribution in [3.63, 3.8) is 0 Å². The second-order valence-corrected chi connectivity index (χ2v) is 8.30. The Labute approximate surface area is 186 Å².